The fourth-order valence-corrected chi connectivity index (χ4v) is 3.55. The van der Waals surface area contributed by atoms with E-state index in [0.717, 1.165) is 10.0 Å². The number of nitrogens with zero attached hydrogens (tertiary/aromatic N) is 6. The maximum Gasteiger partial charge on any atom is 0.356 e. The van der Waals surface area contributed by atoms with Gasteiger partial charge in [-0.2, -0.15) is 0 Å². The first kappa shape index (κ1) is 19.8. The molecule has 3 N–H and O–H groups in total. The van der Waals surface area contributed by atoms with Crippen molar-refractivity contribution in [3.63, 3.8) is 0 Å². The highest BCUT2D eigenvalue weighted by molar-refractivity contribution is 9.10. The first-order valence-corrected chi connectivity index (χ1v) is 9.86. The number of carbonyl (C=O) groups excluding carboxylic acids is 1. The smallest absolute Gasteiger partial charge is 0.356 e. The third-order valence-corrected chi connectivity index (χ3v) is 5.09. The lowest BCUT2D eigenvalue weighted by atomic mass is 10.1. The number of azo groups is 1. The predicted molar refractivity (Wildman–Crippen MR) is 115 cm³/mol. The molecule has 4 aromatic rings. The number of fused-ring (bicyclic) bond motifs is 1. The van der Waals surface area contributed by atoms with Crippen molar-refractivity contribution in [2.75, 3.05) is 0 Å². The molecule has 0 saturated carbocycles. The van der Waals surface area contributed by atoms with E-state index < -0.39 is 6.03 Å². The Kier molecular flexibility index (Phi) is 5.32. The van der Waals surface area contributed by atoms with Crippen molar-refractivity contribution < 1.29 is 9.90 Å². The molecule has 2 aromatic carbocycles. The number of aromatic nitrogens is 4. The molecule has 0 aliphatic carbocycles. The molecule has 0 aliphatic rings. The van der Waals surface area contributed by atoms with Gasteiger partial charge in [0.1, 0.15) is 5.69 Å². The Balaban J connectivity index is 1.65. The van der Waals surface area contributed by atoms with Gasteiger partial charge in [-0.05, 0) is 30.7 Å². The van der Waals surface area contributed by atoms with E-state index in [1.165, 1.54) is 5.56 Å². The maximum absolute atomic E-state index is 11.0. The molecule has 0 saturated heterocycles. The third kappa shape index (κ3) is 4.08. The number of hydrogen-bond donors (Lipinski definition) is 2. The Labute approximate surface area is 180 Å². The highest BCUT2D eigenvalue weighted by Crippen LogP contribution is 2.40. The average Bonchev–Trinajstić information content (AvgIpc) is 3.25. The number of aryl methyl sites for hydroxylation is 1. The molecule has 30 heavy (non-hydrogen) atoms. The molecule has 0 aliphatic heterocycles. The molecular weight excluding hydrogens is 450 g/mol. The van der Waals surface area contributed by atoms with Gasteiger partial charge >= 0.3 is 6.03 Å². The lowest BCUT2D eigenvalue weighted by Gasteiger charge is -2.04. The van der Waals surface area contributed by atoms with Crippen LogP contribution in [0, 0.1) is 6.92 Å². The molecule has 0 atom stereocenters. The first-order chi connectivity index (χ1) is 14.4. The predicted octanol–water partition coefficient (Wildman–Crippen LogP) is 4.27. The number of carbonyl (C=O) groups is 1. The zero-order valence-electron chi connectivity index (χ0n) is 16.0. The molecule has 9 nitrogen and oxygen atoms in total. The van der Waals surface area contributed by atoms with Gasteiger partial charge < -0.3 is 15.4 Å². The van der Waals surface area contributed by atoms with Crippen LogP contribution in [0.2, 0.25) is 0 Å². The Morgan fingerprint density at radius 3 is 2.70 bits per heavy atom. The molecule has 0 unspecified atom stereocenters. The average molecular weight is 468 g/mol. The quantitative estimate of drug-likeness (QED) is 0.425. The van der Waals surface area contributed by atoms with Gasteiger partial charge in [0.05, 0.1) is 24.8 Å². The molecule has 2 heterocycles. The molecule has 152 valence electrons. The van der Waals surface area contributed by atoms with Crippen LogP contribution < -0.4 is 5.73 Å². The van der Waals surface area contributed by atoms with Gasteiger partial charge in [-0.1, -0.05) is 56.1 Å². The molecule has 0 spiro atoms. The number of halogens is 1. The summed E-state index contributed by atoms with van der Waals surface area (Å²) in [5, 5.41) is 26.9. The number of amides is 2. The van der Waals surface area contributed by atoms with Crippen LogP contribution in [0.25, 0.3) is 10.9 Å². The minimum atomic E-state index is -0.940. The fraction of sp³-hybridized carbons (Fsp3) is 0.150. The van der Waals surface area contributed by atoms with Crippen molar-refractivity contribution >= 4 is 38.6 Å². The molecule has 10 heteroatoms. The van der Waals surface area contributed by atoms with E-state index in [0.29, 0.717) is 23.1 Å². The minimum Gasteiger partial charge on any atom is -0.493 e. The summed E-state index contributed by atoms with van der Waals surface area (Å²) in [6.07, 6.45) is 1.83. The Bertz CT molecular complexity index is 1260. The lowest BCUT2D eigenvalue weighted by molar-refractivity contribution is 0.255. The second-order valence-electron chi connectivity index (χ2n) is 6.85. The van der Waals surface area contributed by atoms with Gasteiger partial charge in [-0.3, -0.25) is 0 Å². The van der Waals surface area contributed by atoms with Gasteiger partial charge in [0.15, 0.2) is 5.69 Å². The van der Waals surface area contributed by atoms with Crippen LogP contribution in [0.3, 0.4) is 0 Å². The molecule has 0 fully saturated rings. The maximum atomic E-state index is 11.0. The molecule has 2 aromatic heterocycles. The van der Waals surface area contributed by atoms with Crippen molar-refractivity contribution in [2.45, 2.75) is 20.0 Å². The van der Waals surface area contributed by atoms with E-state index in [1.807, 2.05) is 25.3 Å². The SMILES string of the molecule is Cc1ccc(Cn2cc(Cn3c(O)c(N=NC(N)=O)c4cc(Br)ccc43)nn2)cc1. The highest BCUT2D eigenvalue weighted by atomic mass is 79.9. The minimum absolute atomic E-state index is 0.138. The Morgan fingerprint density at radius 2 is 1.97 bits per heavy atom. The van der Waals surface area contributed by atoms with E-state index >= 15 is 0 Å². The van der Waals surface area contributed by atoms with Crippen molar-refractivity contribution in [2.24, 2.45) is 16.0 Å². The van der Waals surface area contributed by atoms with Crippen molar-refractivity contribution in [1.82, 2.24) is 19.6 Å². The summed E-state index contributed by atoms with van der Waals surface area (Å²) in [6.45, 7) is 2.90. The summed E-state index contributed by atoms with van der Waals surface area (Å²) < 4.78 is 4.18. The van der Waals surface area contributed by atoms with Gasteiger partial charge in [0.2, 0.25) is 5.88 Å². The zero-order chi connectivity index (χ0) is 21.3. The summed E-state index contributed by atoms with van der Waals surface area (Å²) in [5.41, 5.74) is 8.90. The summed E-state index contributed by atoms with van der Waals surface area (Å²) in [5.74, 6) is -0.138. The summed E-state index contributed by atoms with van der Waals surface area (Å²) >= 11 is 3.41. The largest absolute Gasteiger partial charge is 0.493 e. The van der Waals surface area contributed by atoms with E-state index in [4.69, 9.17) is 5.73 Å². The second kappa shape index (κ2) is 8.07. The van der Waals surface area contributed by atoms with Crippen LogP contribution >= 0.6 is 15.9 Å². The van der Waals surface area contributed by atoms with Crippen molar-refractivity contribution in [3.05, 3.63) is 70.0 Å². The lowest BCUT2D eigenvalue weighted by Crippen LogP contribution is -2.02. The van der Waals surface area contributed by atoms with E-state index in [1.54, 1.807) is 15.3 Å². The zero-order valence-corrected chi connectivity index (χ0v) is 17.6. The Morgan fingerprint density at radius 1 is 1.20 bits per heavy atom. The number of hydrogen-bond acceptors (Lipinski definition) is 5. The van der Waals surface area contributed by atoms with E-state index in [2.05, 4.69) is 60.7 Å². The summed E-state index contributed by atoms with van der Waals surface area (Å²) in [4.78, 5) is 11.0. The highest BCUT2D eigenvalue weighted by Gasteiger charge is 2.18. The second-order valence-corrected chi connectivity index (χ2v) is 7.77. The van der Waals surface area contributed by atoms with Crippen LogP contribution in [-0.2, 0) is 13.1 Å². The van der Waals surface area contributed by atoms with Gasteiger partial charge in [0, 0.05) is 9.86 Å². The van der Waals surface area contributed by atoms with Crippen molar-refractivity contribution in [1.29, 1.82) is 0 Å². The monoisotopic (exact) mass is 467 g/mol. The van der Waals surface area contributed by atoms with Crippen LogP contribution in [-0.4, -0.2) is 30.7 Å². The molecule has 0 bridgehead atoms. The molecular formula is C20H18BrN7O2. The van der Waals surface area contributed by atoms with Crippen LogP contribution in [0.4, 0.5) is 10.5 Å². The van der Waals surface area contributed by atoms with Crippen LogP contribution in [0.1, 0.15) is 16.8 Å². The van der Waals surface area contributed by atoms with Gasteiger partial charge in [-0.25, -0.2) is 9.48 Å². The summed E-state index contributed by atoms with van der Waals surface area (Å²) in [7, 11) is 0. The van der Waals surface area contributed by atoms with Crippen molar-refractivity contribution in [3.8, 4) is 5.88 Å². The number of primary amides is 1. The topological polar surface area (TPSA) is 124 Å². The summed E-state index contributed by atoms with van der Waals surface area (Å²) in [6, 6.07) is 12.7. The number of urea groups is 1. The fourth-order valence-electron chi connectivity index (χ4n) is 3.18. The Hall–Kier alpha value is -3.53. The molecule has 4 rings (SSSR count). The molecule has 2 amide bonds. The number of nitrogens with two attached hydrogens (primary N) is 1. The first-order valence-electron chi connectivity index (χ1n) is 9.07. The normalized spacial score (nSPS) is 11.5. The standard InChI is InChI=1S/C20H18BrN7O2/c1-12-2-4-13(5-3-12)9-27-10-15(23-26-27)11-28-17-7-6-14(21)8-16(17)18(19(28)29)24-25-20(22)30/h2-8,10,29H,9,11H2,1H3,(H2,22,30). The van der Waals surface area contributed by atoms with E-state index in [9.17, 15) is 9.90 Å². The van der Waals surface area contributed by atoms with Crippen LogP contribution in [0.15, 0.2) is 63.4 Å². The molecule has 0 radical (unpaired) electrons. The van der Waals surface area contributed by atoms with E-state index in [-0.39, 0.29) is 18.1 Å². The van der Waals surface area contributed by atoms with Gasteiger partial charge in [-0.15, -0.1) is 10.2 Å². The van der Waals surface area contributed by atoms with Gasteiger partial charge in [0.25, 0.3) is 0 Å². The third-order valence-electron chi connectivity index (χ3n) is 4.59. The van der Waals surface area contributed by atoms with Crippen LogP contribution in [0.5, 0.6) is 5.88 Å². The number of benzene rings is 2. The number of aromatic hydroxyl groups is 1. The number of rotatable bonds is 5.